The standard InChI is InChI=1S/C11H12N4O4/c1-7-2-8(6-19-7)11(18)12-3-9-4-15(14-13-9)5-10(16)17/h2,4,6H,3,5H2,1H3,(H,12,18)(H,16,17). The van der Waals surface area contributed by atoms with E-state index in [2.05, 4.69) is 15.6 Å². The number of nitrogens with zero attached hydrogens (tertiary/aromatic N) is 3. The number of amides is 1. The molecule has 2 heterocycles. The molecule has 19 heavy (non-hydrogen) atoms. The van der Waals surface area contributed by atoms with Gasteiger partial charge in [0.15, 0.2) is 0 Å². The van der Waals surface area contributed by atoms with Crippen molar-refractivity contribution >= 4 is 11.9 Å². The summed E-state index contributed by atoms with van der Waals surface area (Å²) in [5.41, 5.74) is 0.908. The fourth-order valence-electron chi connectivity index (χ4n) is 1.47. The first kappa shape index (κ1) is 12.8. The SMILES string of the molecule is Cc1cc(C(=O)NCc2cn(CC(=O)O)nn2)co1. The van der Waals surface area contributed by atoms with Gasteiger partial charge in [-0.3, -0.25) is 9.59 Å². The van der Waals surface area contributed by atoms with Crippen molar-refractivity contribution in [1.82, 2.24) is 20.3 Å². The Hall–Kier alpha value is -2.64. The first-order valence-electron chi connectivity index (χ1n) is 5.49. The lowest BCUT2D eigenvalue weighted by atomic mass is 10.3. The van der Waals surface area contributed by atoms with Crippen LogP contribution in [0.4, 0.5) is 0 Å². The Morgan fingerprint density at radius 2 is 2.32 bits per heavy atom. The van der Waals surface area contributed by atoms with Gasteiger partial charge in [-0.15, -0.1) is 5.10 Å². The maximum absolute atomic E-state index is 11.7. The first-order valence-corrected chi connectivity index (χ1v) is 5.49. The molecule has 0 aromatic carbocycles. The Morgan fingerprint density at radius 3 is 2.95 bits per heavy atom. The average molecular weight is 264 g/mol. The Kier molecular flexibility index (Phi) is 3.60. The zero-order chi connectivity index (χ0) is 13.8. The Morgan fingerprint density at radius 1 is 1.53 bits per heavy atom. The third-order valence-corrected chi connectivity index (χ3v) is 2.31. The molecule has 8 nitrogen and oxygen atoms in total. The van der Waals surface area contributed by atoms with Crippen LogP contribution >= 0.6 is 0 Å². The number of aryl methyl sites for hydroxylation is 1. The van der Waals surface area contributed by atoms with Gasteiger partial charge in [0.1, 0.15) is 24.3 Å². The second-order valence-electron chi connectivity index (χ2n) is 3.93. The Labute approximate surface area is 108 Å². The van der Waals surface area contributed by atoms with Gasteiger partial charge >= 0.3 is 5.97 Å². The molecule has 2 aromatic rings. The third-order valence-electron chi connectivity index (χ3n) is 2.31. The third kappa shape index (κ3) is 3.41. The Bertz CT molecular complexity index is 601. The molecular formula is C11H12N4O4. The maximum Gasteiger partial charge on any atom is 0.325 e. The predicted octanol–water partition coefficient (Wildman–Crippen LogP) is 0.194. The van der Waals surface area contributed by atoms with Crippen LogP contribution in [0.25, 0.3) is 0 Å². The van der Waals surface area contributed by atoms with Gasteiger partial charge in [-0.25, -0.2) is 4.68 Å². The number of carbonyl (C=O) groups is 2. The number of hydrogen-bond donors (Lipinski definition) is 2. The number of nitrogens with one attached hydrogen (secondary N) is 1. The van der Waals surface area contributed by atoms with Crippen LogP contribution < -0.4 is 5.32 Å². The van der Waals surface area contributed by atoms with Gasteiger partial charge in [0.25, 0.3) is 5.91 Å². The second kappa shape index (κ2) is 5.34. The largest absolute Gasteiger partial charge is 0.480 e. The van der Waals surface area contributed by atoms with Gasteiger partial charge in [0, 0.05) is 0 Å². The maximum atomic E-state index is 11.7. The number of carboxylic acids is 1. The van der Waals surface area contributed by atoms with Crippen molar-refractivity contribution < 1.29 is 19.1 Å². The molecular weight excluding hydrogens is 252 g/mol. The van der Waals surface area contributed by atoms with E-state index in [9.17, 15) is 9.59 Å². The van der Waals surface area contributed by atoms with Crippen LogP contribution in [0.1, 0.15) is 21.8 Å². The minimum Gasteiger partial charge on any atom is -0.480 e. The summed E-state index contributed by atoms with van der Waals surface area (Å²) in [7, 11) is 0. The fourth-order valence-corrected chi connectivity index (χ4v) is 1.47. The van der Waals surface area contributed by atoms with Crippen molar-refractivity contribution in [3.05, 3.63) is 35.5 Å². The quantitative estimate of drug-likeness (QED) is 0.797. The monoisotopic (exact) mass is 264 g/mol. The number of aliphatic carboxylic acids is 1. The topological polar surface area (TPSA) is 110 Å². The van der Waals surface area contributed by atoms with E-state index in [1.54, 1.807) is 13.0 Å². The number of furan rings is 1. The summed E-state index contributed by atoms with van der Waals surface area (Å²) in [6.45, 7) is 1.65. The van der Waals surface area contributed by atoms with Crippen LogP contribution in [0.3, 0.4) is 0 Å². The molecule has 8 heteroatoms. The molecule has 0 radical (unpaired) electrons. The average Bonchev–Trinajstić information content (AvgIpc) is 2.94. The van der Waals surface area contributed by atoms with E-state index >= 15 is 0 Å². The van der Waals surface area contributed by atoms with E-state index in [4.69, 9.17) is 9.52 Å². The summed E-state index contributed by atoms with van der Waals surface area (Å²) in [6, 6.07) is 1.62. The highest BCUT2D eigenvalue weighted by atomic mass is 16.4. The van der Waals surface area contributed by atoms with E-state index in [0.29, 0.717) is 17.0 Å². The van der Waals surface area contributed by atoms with Crippen LogP contribution in [0, 0.1) is 6.92 Å². The normalized spacial score (nSPS) is 10.4. The predicted molar refractivity (Wildman–Crippen MR) is 62.3 cm³/mol. The highest BCUT2D eigenvalue weighted by Gasteiger charge is 2.10. The van der Waals surface area contributed by atoms with Crippen LogP contribution in [-0.4, -0.2) is 32.0 Å². The smallest absolute Gasteiger partial charge is 0.325 e. The van der Waals surface area contributed by atoms with E-state index < -0.39 is 5.97 Å². The lowest BCUT2D eigenvalue weighted by molar-refractivity contribution is -0.137. The second-order valence-corrected chi connectivity index (χ2v) is 3.93. The highest BCUT2D eigenvalue weighted by Crippen LogP contribution is 2.06. The molecule has 2 rings (SSSR count). The zero-order valence-corrected chi connectivity index (χ0v) is 10.2. The van der Waals surface area contributed by atoms with Crippen molar-refractivity contribution in [3.8, 4) is 0 Å². The van der Waals surface area contributed by atoms with Crippen molar-refractivity contribution in [2.45, 2.75) is 20.0 Å². The van der Waals surface area contributed by atoms with Crippen molar-refractivity contribution in [2.24, 2.45) is 0 Å². The molecule has 0 saturated heterocycles. The van der Waals surface area contributed by atoms with Gasteiger partial charge < -0.3 is 14.8 Å². The van der Waals surface area contributed by atoms with Gasteiger partial charge in [0.05, 0.1) is 18.3 Å². The van der Waals surface area contributed by atoms with Crippen LogP contribution in [0.2, 0.25) is 0 Å². The van der Waals surface area contributed by atoms with E-state index in [-0.39, 0.29) is 19.0 Å². The van der Waals surface area contributed by atoms with Crippen molar-refractivity contribution in [2.75, 3.05) is 0 Å². The van der Waals surface area contributed by atoms with Crippen molar-refractivity contribution in [3.63, 3.8) is 0 Å². The minimum absolute atomic E-state index is 0.169. The molecule has 0 spiro atoms. The molecule has 1 amide bonds. The number of aromatic nitrogens is 3. The van der Waals surface area contributed by atoms with Crippen molar-refractivity contribution in [1.29, 1.82) is 0 Å². The molecule has 2 N–H and O–H groups in total. The number of rotatable bonds is 5. The molecule has 0 aliphatic rings. The molecule has 100 valence electrons. The Balaban J connectivity index is 1.90. The molecule has 0 atom stereocenters. The lowest BCUT2D eigenvalue weighted by Gasteiger charge is -1.99. The summed E-state index contributed by atoms with van der Waals surface area (Å²) in [5.74, 6) is -0.642. The minimum atomic E-state index is -1.01. The summed E-state index contributed by atoms with van der Waals surface area (Å²) < 4.78 is 6.21. The molecule has 0 fully saturated rings. The van der Waals surface area contributed by atoms with E-state index in [1.807, 2.05) is 0 Å². The number of hydrogen-bond acceptors (Lipinski definition) is 5. The molecule has 0 saturated carbocycles. The van der Waals surface area contributed by atoms with E-state index in [1.165, 1.54) is 17.1 Å². The summed E-state index contributed by atoms with van der Waals surface area (Å²) >= 11 is 0. The van der Waals surface area contributed by atoms with Gasteiger partial charge in [-0.05, 0) is 13.0 Å². The molecule has 0 unspecified atom stereocenters. The molecule has 0 bridgehead atoms. The van der Waals surface area contributed by atoms with E-state index in [0.717, 1.165) is 0 Å². The number of carboxylic acid groups (broad SMARTS) is 1. The first-order chi connectivity index (χ1) is 9.04. The number of carbonyl (C=O) groups excluding carboxylic acids is 1. The highest BCUT2D eigenvalue weighted by molar-refractivity contribution is 5.93. The van der Waals surface area contributed by atoms with Gasteiger partial charge in [-0.1, -0.05) is 5.21 Å². The van der Waals surface area contributed by atoms with Crippen LogP contribution in [0.15, 0.2) is 22.9 Å². The summed E-state index contributed by atoms with van der Waals surface area (Å²) in [4.78, 5) is 22.2. The molecule has 0 aliphatic carbocycles. The lowest BCUT2D eigenvalue weighted by Crippen LogP contribution is -2.22. The fraction of sp³-hybridized carbons (Fsp3) is 0.273. The summed E-state index contributed by atoms with van der Waals surface area (Å²) in [5, 5.41) is 18.6. The molecule has 2 aromatic heterocycles. The molecule has 0 aliphatic heterocycles. The summed E-state index contributed by atoms with van der Waals surface area (Å²) in [6.07, 6.45) is 2.83. The van der Waals surface area contributed by atoms with Crippen LogP contribution in [0.5, 0.6) is 0 Å². The van der Waals surface area contributed by atoms with Gasteiger partial charge in [0.2, 0.25) is 0 Å². The zero-order valence-electron chi connectivity index (χ0n) is 10.2. The van der Waals surface area contributed by atoms with Crippen LogP contribution in [-0.2, 0) is 17.9 Å². The van der Waals surface area contributed by atoms with Gasteiger partial charge in [-0.2, -0.15) is 0 Å².